The molecule has 6 heteroatoms. The average Bonchev–Trinajstić information content (AvgIpc) is 2.68. The van der Waals surface area contributed by atoms with Gasteiger partial charge in [-0.25, -0.2) is 4.79 Å². The van der Waals surface area contributed by atoms with Gasteiger partial charge in [0.05, 0.1) is 5.56 Å². The highest BCUT2D eigenvalue weighted by Crippen LogP contribution is 2.29. The van der Waals surface area contributed by atoms with Gasteiger partial charge < -0.3 is 16.2 Å². The van der Waals surface area contributed by atoms with Crippen LogP contribution in [-0.2, 0) is 4.79 Å². The number of carboxylic acids is 1. The van der Waals surface area contributed by atoms with Crippen molar-refractivity contribution < 1.29 is 14.7 Å². The number of hydrogen-bond acceptors (Lipinski definition) is 3. The molecule has 1 aromatic carbocycles. The van der Waals surface area contributed by atoms with Gasteiger partial charge >= 0.3 is 5.97 Å². The number of carbonyl (C=O) groups is 2. The summed E-state index contributed by atoms with van der Waals surface area (Å²) in [6.45, 7) is 0. The smallest absolute Gasteiger partial charge is 0.329 e. The van der Waals surface area contributed by atoms with E-state index in [4.69, 9.17) is 5.73 Å². The Balaban J connectivity index is 2.26. The highest BCUT2D eigenvalue weighted by atomic mass is 79.9. The summed E-state index contributed by atoms with van der Waals surface area (Å²) in [7, 11) is 0. The Hall–Kier alpha value is -1.56. The first-order valence-corrected chi connectivity index (χ1v) is 7.85. The Bertz CT molecular complexity index is 552. The van der Waals surface area contributed by atoms with Crippen molar-refractivity contribution >= 4 is 33.5 Å². The van der Waals surface area contributed by atoms with Gasteiger partial charge in [-0.3, -0.25) is 4.79 Å². The Morgan fingerprint density at radius 2 is 1.81 bits per heavy atom. The molecule has 4 N–H and O–H groups in total. The van der Waals surface area contributed by atoms with Crippen LogP contribution in [0.1, 0.15) is 48.9 Å². The lowest BCUT2D eigenvalue weighted by Gasteiger charge is -2.29. The van der Waals surface area contributed by atoms with Crippen LogP contribution in [0.2, 0.25) is 0 Å². The molecular formula is C15H19BrN2O3. The molecule has 0 unspecified atom stereocenters. The molecule has 2 rings (SSSR count). The molecule has 0 atom stereocenters. The van der Waals surface area contributed by atoms with Crippen molar-refractivity contribution in [1.29, 1.82) is 0 Å². The first kappa shape index (κ1) is 15.8. The summed E-state index contributed by atoms with van der Waals surface area (Å²) >= 11 is 3.30. The topological polar surface area (TPSA) is 92.4 Å². The number of rotatable bonds is 3. The molecule has 1 fully saturated rings. The summed E-state index contributed by atoms with van der Waals surface area (Å²) < 4.78 is 0.600. The highest BCUT2D eigenvalue weighted by molar-refractivity contribution is 9.10. The molecule has 0 radical (unpaired) electrons. The first-order chi connectivity index (χ1) is 9.94. The number of carboxylic acid groups (broad SMARTS) is 1. The van der Waals surface area contributed by atoms with Gasteiger partial charge in [0.25, 0.3) is 5.91 Å². The van der Waals surface area contributed by atoms with Crippen LogP contribution in [-0.4, -0.2) is 22.5 Å². The van der Waals surface area contributed by atoms with Crippen molar-refractivity contribution in [3.05, 3.63) is 28.2 Å². The van der Waals surface area contributed by atoms with Crippen molar-refractivity contribution in [2.75, 3.05) is 5.73 Å². The molecule has 1 saturated carbocycles. The van der Waals surface area contributed by atoms with Crippen LogP contribution in [0.5, 0.6) is 0 Å². The number of carbonyl (C=O) groups excluding carboxylic acids is 1. The molecule has 0 spiro atoms. The largest absolute Gasteiger partial charge is 0.480 e. The summed E-state index contributed by atoms with van der Waals surface area (Å²) in [5, 5.41) is 12.3. The van der Waals surface area contributed by atoms with Gasteiger partial charge in [0, 0.05) is 10.2 Å². The number of halogens is 1. The Kier molecular flexibility index (Phi) is 4.88. The first-order valence-electron chi connectivity index (χ1n) is 7.05. The monoisotopic (exact) mass is 354 g/mol. The zero-order valence-electron chi connectivity index (χ0n) is 11.7. The van der Waals surface area contributed by atoms with E-state index in [1.807, 2.05) is 0 Å². The van der Waals surface area contributed by atoms with Gasteiger partial charge in [-0.1, -0.05) is 25.7 Å². The maximum absolute atomic E-state index is 12.4. The number of nitrogens with one attached hydrogen (secondary N) is 1. The fraction of sp³-hybridized carbons (Fsp3) is 0.467. The highest BCUT2D eigenvalue weighted by Gasteiger charge is 2.40. The minimum atomic E-state index is -1.17. The fourth-order valence-corrected chi connectivity index (χ4v) is 3.15. The van der Waals surface area contributed by atoms with Crippen LogP contribution in [0.4, 0.5) is 5.69 Å². The lowest BCUT2D eigenvalue weighted by Crippen LogP contribution is -2.54. The standard InChI is InChI=1S/C15H19BrN2O3/c16-12-6-5-10(17)9-11(12)13(19)18-15(14(20)21)7-3-1-2-4-8-15/h5-6,9H,1-4,7-8,17H2,(H,18,19)(H,20,21). The number of amides is 1. The SMILES string of the molecule is Nc1ccc(Br)c(C(=O)NC2(C(=O)O)CCCCCC2)c1. The van der Waals surface area contributed by atoms with Gasteiger partial charge in [0.2, 0.25) is 0 Å². The molecule has 1 aromatic rings. The van der Waals surface area contributed by atoms with Crippen molar-refractivity contribution in [2.45, 2.75) is 44.1 Å². The van der Waals surface area contributed by atoms with Crippen molar-refractivity contribution in [3.63, 3.8) is 0 Å². The van der Waals surface area contributed by atoms with Crippen LogP contribution in [0.25, 0.3) is 0 Å². The van der Waals surface area contributed by atoms with E-state index in [9.17, 15) is 14.7 Å². The van der Waals surface area contributed by atoms with E-state index in [1.165, 1.54) is 0 Å². The molecule has 0 saturated heterocycles. The normalized spacial score (nSPS) is 17.8. The average molecular weight is 355 g/mol. The van der Waals surface area contributed by atoms with Crippen LogP contribution < -0.4 is 11.1 Å². The number of anilines is 1. The van der Waals surface area contributed by atoms with Gasteiger partial charge in [-0.15, -0.1) is 0 Å². The van der Waals surface area contributed by atoms with Crippen molar-refractivity contribution in [3.8, 4) is 0 Å². The molecule has 0 bridgehead atoms. The predicted octanol–water partition coefficient (Wildman–Crippen LogP) is 2.94. The third-order valence-electron chi connectivity index (χ3n) is 3.95. The number of nitrogens with two attached hydrogens (primary N) is 1. The van der Waals surface area contributed by atoms with E-state index in [0.29, 0.717) is 28.6 Å². The van der Waals surface area contributed by atoms with E-state index >= 15 is 0 Å². The predicted molar refractivity (Wildman–Crippen MR) is 84.1 cm³/mol. The molecule has 21 heavy (non-hydrogen) atoms. The molecule has 1 aliphatic rings. The summed E-state index contributed by atoms with van der Waals surface area (Å²) in [5.41, 5.74) is 5.36. The molecule has 0 heterocycles. The number of hydrogen-bond donors (Lipinski definition) is 3. The number of aliphatic carboxylic acids is 1. The number of nitrogen functional groups attached to an aromatic ring is 1. The van der Waals surface area contributed by atoms with Gasteiger partial charge in [-0.2, -0.15) is 0 Å². The van der Waals surface area contributed by atoms with Crippen molar-refractivity contribution in [1.82, 2.24) is 5.32 Å². The second-order valence-electron chi connectivity index (χ2n) is 5.49. The summed E-state index contributed by atoms with van der Waals surface area (Å²) in [5.74, 6) is -1.36. The zero-order chi connectivity index (χ0) is 15.5. The quantitative estimate of drug-likeness (QED) is 0.574. The summed E-state index contributed by atoms with van der Waals surface area (Å²) in [4.78, 5) is 24.1. The van der Waals surface area contributed by atoms with Gasteiger partial charge in [0.1, 0.15) is 5.54 Å². The van der Waals surface area contributed by atoms with Crippen LogP contribution >= 0.6 is 15.9 Å². The third kappa shape index (κ3) is 3.56. The van der Waals surface area contributed by atoms with Gasteiger partial charge in [0.15, 0.2) is 0 Å². The van der Waals surface area contributed by atoms with Gasteiger partial charge in [-0.05, 0) is 47.0 Å². The Morgan fingerprint density at radius 3 is 2.38 bits per heavy atom. The van der Waals surface area contributed by atoms with E-state index in [1.54, 1.807) is 18.2 Å². The zero-order valence-corrected chi connectivity index (χ0v) is 13.3. The molecule has 0 aliphatic heterocycles. The summed E-state index contributed by atoms with van der Waals surface area (Å²) in [6.07, 6.45) is 4.57. The molecule has 1 amide bonds. The lowest BCUT2D eigenvalue weighted by molar-refractivity contribution is -0.145. The summed E-state index contributed by atoms with van der Waals surface area (Å²) in [6, 6.07) is 4.91. The maximum Gasteiger partial charge on any atom is 0.329 e. The molecular weight excluding hydrogens is 336 g/mol. The molecule has 1 aliphatic carbocycles. The van der Waals surface area contributed by atoms with Crippen LogP contribution in [0.15, 0.2) is 22.7 Å². The second kappa shape index (κ2) is 6.47. The fourth-order valence-electron chi connectivity index (χ4n) is 2.73. The van der Waals surface area contributed by atoms with E-state index in [2.05, 4.69) is 21.2 Å². The maximum atomic E-state index is 12.4. The molecule has 5 nitrogen and oxygen atoms in total. The van der Waals surface area contributed by atoms with Crippen molar-refractivity contribution in [2.24, 2.45) is 0 Å². The lowest BCUT2D eigenvalue weighted by atomic mass is 9.90. The van der Waals surface area contributed by atoms with E-state index < -0.39 is 17.4 Å². The van der Waals surface area contributed by atoms with Crippen LogP contribution in [0.3, 0.4) is 0 Å². The Labute approximate surface area is 132 Å². The number of benzene rings is 1. The third-order valence-corrected chi connectivity index (χ3v) is 4.65. The van der Waals surface area contributed by atoms with Crippen LogP contribution in [0, 0.1) is 0 Å². The minimum Gasteiger partial charge on any atom is -0.480 e. The molecule has 0 aromatic heterocycles. The Morgan fingerprint density at radius 1 is 1.19 bits per heavy atom. The minimum absolute atomic E-state index is 0.361. The van der Waals surface area contributed by atoms with E-state index in [-0.39, 0.29) is 0 Å². The second-order valence-corrected chi connectivity index (χ2v) is 6.35. The molecule has 114 valence electrons. The van der Waals surface area contributed by atoms with E-state index in [0.717, 1.165) is 25.7 Å².